The molecule has 0 fully saturated rings. The third-order valence-electron chi connectivity index (χ3n) is 1.38. The Morgan fingerprint density at radius 2 is 2.00 bits per heavy atom. The normalized spacial score (nSPS) is 10.6. The van der Waals surface area contributed by atoms with Crippen molar-refractivity contribution in [1.29, 1.82) is 0 Å². The van der Waals surface area contributed by atoms with Gasteiger partial charge in [-0.05, 0) is 23.8 Å². The summed E-state index contributed by atoms with van der Waals surface area (Å²) in [6, 6.07) is 3.31. The number of carbonyl (C=O) groups excluding carboxylic acids is 1. The molecule has 0 aliphatic carbocycles. The van der Waals surface area contributed by atoms with Crippen LogP contribution in [0.3, 0.4) is 0 Å². The molecule has 68 valence electrons. The minimum atomic E-state index is -0.952. The third kappa shape index (κ3) is 2.66. The summed E-state index contributed by atoms with van der Waals surface area (Å²) in [6.07, 6.45) is 2.39. The van der Waals surface area contributed by atoms with Crippen molar-refractivity contribution in [1.82, 2.24) is 0 Å². The topological polar surface area (TPSA) is 43.1 Å². The highest BCUT2D eigenvalue weighted by molar-refractivity contribution is 5.90. The molecule has 0 atom stereocenters. The van der Waals surface area contributed by atoms with Gasteiger partial charge in [0.1, 0.15) is 0 Å². The van der Waals surface area contributed by atoms with E-state index in [2.05, 4.69) is 0 Å². The fourth-order valence-electron chi connectivity index (χ4n) is 0.794. The molecule has 0 saturated heterocycles. The van der Waals surface area contributed by atoms with Crippen molar-refractivity contribution in [2.45, 2.75) is 0 Å². The molecule has 0 saturated carbocycles. The SMILES string of the molecule is NC(=O)/C=C/c1ccc(F)c(F)c1. The molecule has 0 aliphatic rings. The summed E-state index contributed by atoms with van der Waals surface area (Å²) in [4.78, 5) is 10.3. The minimum Gasteiger partial charge on any atom is -0.366 e. The van der Waals surface area contributed by atoms with Gasteiger partial charge in [-0.1, -0.05) is 6.07 Å². The van der Waals surface area contributed by atoms with Crippen LogP contribution in [-0.4, -0.2) is 5.91 Å². The van der Waals surface area contributed by atoms with E-state index >= 15 is 0 Å². The molecule has 0 unspecified atom stereocenters. The molecule has 0 heterocycles. The summed E-state index contributed by atoms with van der Waals surface area (Å²) >= 11 is 0. The van der Waals surface area contributed by atoms with Crippen LogP contribution in [0.25, 0.3) is 6.08 Å². The fourth-order valence-corrected chi connectivity index (χ4v) is 0.794. The first-order valence-electron chi connectivity index (χ1n) is 3.52. The van der Waals surface area contributed by atoms with Gasteiger partial charge in [0.15, 0.2) is 11.6 Å². The molecule has 4 heteroatoms. The standard InChI is InChI=1S/C9H7F2NO/c10-7-3-1-6(5-8(7)11)2-4-9(12)13/h1-5H,(H2,12,13)/b4-2+. The van der Waals surface area contributed by atoms with E-state index in [0.717, 1.165) is 18.2 Å². The van der Waals surface area contributed by atoms with E-state index < -0.39 is 17.5 Å². The van der Waals surface area contributed by atoms with Gasteiger partial charge in [0.25, 0.3) is 0 Å². The first kappa shape index (κ1) is 9.38. The number of amides is 1. The van der Waals surface area contributed by atoms with Crippen molar-refractivity contribution < 1.29 is 13.6 Å². The van der Waals surface area contributed by atoms with Crippen molar-refractivity contribution in [2.75, 3.05) is 0 Å². The maximum absolute atomic E-state index is 12.6. The predicted octanol–water partition coefficient (Wildman–Crippen LogP) is 1.46. The molecule has 0 aliphatic heterocycles. The molecule has 1 aromatic carbocycles. The van der Waals surface area contributed by atoms with Crippen LogP contribution < -0.4 is 5.73 Å². The quantitative estimate of drug-likeness (QED) is 0.693. The van der Waals surface area contributed by atoms with Gasteiger partial charge in [-0.25, -0.2) is 8.78 Å². The first-order valence-corrected chi connectivity index (χ1v) is 3.52. The van der Waals surface area contributed by atoms with E-state index in [1.165, 1.54) is 12.1 Å². The number of hydrogen-bond donors (Lipinski definition) is 1. The molecule has 2 nitrogen and oxygen atoms in total. The van der Waals surface area contributed by atoms with E-state index in [9.17, 15) is 13.6 Å². The smallest absolute Gasteiger partial charge is 0.241 e. The molecule has 1 aromatic rings. The summed E-state index contributed by atoms with van der Waals surface area (Å²) < 4.78 is 25.0. The largest absolute Gasteiger partial charge is 0.366 e. The van der Waals surface area contributed by atoms with E-state index in [1.54, 1.807) is 0 Å². The lowest BCUT2D eigenvalue weighted by molar-refractivity contribution is -0.113. The highest BCUT2D eigenvalue weighted by Gasteiger charge is 1.99. The van der Waals surface area contributed by atoms with Crippen LogP contribution in [0, 0.1) is 11.6 Å². The van der Waals surface area contributed by atoms with Crippen molar-refractivity contribution in [3.63, 3.8) is 0 Å². The average molecular weight is 183 g/mol. The highest BCUT2D eigenvalue weighted by atomic mass is 19.2. The number of primary amides is 1. The molecule has 13 heavy (non-hydrogen) atoms. The first-order chi connectivity index (χ1) is 6.09. The Labute approximate surface area is 73.7 Å². The Kier molecular flexibility index (Phi) is 2.74. The maximum atomic E-state index is 12.6. The number of benzene rings is 1. The maximum Gasteiger partial charge on any atom is 0.241 e. The molecule has 0 bridgehead atoms. The Morgan fingerprint density at radius 1 is 1.31 bits per heavy atom. The Morgan fingerprint density at radius 3 is 2.54 bits per heavy atom. The zero-order valence-electron chi connectivity index (χ0n) is 6.63. The van der Waals surface area contributed by atoms with Gasteiger partial charge in [-0.15, -0.1) is 0 Å². The van der Waals surface area contributed by atoms with E-state index in [1.807, 2.05) is 0 Å². The van der Waals surface area contributed by atoms with Crippen LogP contribution in [0.1, 0.15) is 5.56 Å². The summed E-state index contributed by atoms with van der Waals surface area (Å²) in [6.45, 7) is 0. The second-order valence-corrected chi connectivity index (χ2v) is 2.41. The minimum absolute atomic E-state index is 0.387. The highest BCUT2D eigenvalue weighted by Crippen LogP contribution is 2.09. The summed E-state index contributed by atoms with van der Waals surface area (Å²) in [7, 11) is 0. The molecular formula is C9H7F2NO. The number of hydrogen-bond acceptors (Lipinski definition) is 1. The second kappa shape index (κ2) is 3.80. The van der Waals surface area contributed by atoms with Gasteiger partial charge in [0, 0.05) is 6.08 Å². The molecule has 0 radical (unpaired) electrons. The van der Waals surface area contributed by atoms with Gasteiger partial charge in [-0.3, -0.25) is 4.79 Å². The third-order valence-corrected chi connectivity index (χ3v) is 1.38. The lowest BCUT2D eigenvalue weighted by atomic mass is 10.2. The van der Waals surface area contributed by atoms with E-state index in [0.29, 0.717) is 5.56 Å². The van der Waals surface area contributed by atoms with Crippen molar-refractivity contribution in [2.24, 2.45) is 5.73 Å². The second-order valence-electron chi connectivity index (χ2n) is 2.41. The zero-order valence-corrected chi connectivity index (χ0v) is 6.63. The predicted molar refractivity (Wildman–Crippen MR) is 44.6 cm³/mol. The molecule has 1 amide bonds. The van der Waals surface area contributed by atoms with Crippen LogP contribution in [0.15, 0.2) is 24.3 Å². The Balaban J connectivity index is 2.92. The Bertz CT molecular complexity index is 361. The number of halogens is 2. The van der Waals surface area contributed by atoms with Crippen LogP contribution >= 0.6 is 0 Å². The van der Waals surface area contributed by atoms with E-state index in [4.69, 9.17) is 5.73 Å². The van der Waals surface area contributed by atoms with Crippen molar-refractivity contribution in [3.05, 3.63) is 41.5 Å². The van der Waals surface area contributed by atoms with Crippen LogP contribution in [-0.2, 0) is 4.79 Å². The number of rotatable bonds is 2. The lowest BCUT2D eigenvalue weighted by Crippen LogP contribution is -2.05. The molecule has 2 N–H and O–H groups in total. The van der Waals surface area contributed by atoms with Crippen LogP contribution in [0.5, 0.6) is 0 Å². The van der Waals surface area contributed by atoms with Gasteiger partial charge in [-0.2, -0.15) is 0 Å². The van der Waals surface area contributed by atoms with Crippen LogP contribution in [0.4, 0.5) is 8.78 Å². The van der Waals surface area contributed by atoms with Crippen molar-refractivity contribution in [3.8, 4) is 0 Å². The fraction of sp³-hybridized carbons (Fsp3) is 0. The van der Waals surface area contributed by atoms with Gasteiger partial charge in [0.2, 0.25) is 5.91 Å². The van der Waals surface area contributed by atoms with E-state index in [-0.39, 0.29) is 0 Å². The van der Waals surface area contributed by atoms with Gasteiger partial charge in [0.05, 0.1) is 0 Å². The van der Waals surface area contributed by atoms with Crippen LogP contribution in [0.2, 0.25) is 0 Å². The molecule has 0 aromatic heterocycles. The average Bonchev–Trinajstić information content (AvgIpc) is 2.07. The summed E-state index contributed by atoms with van der Waals surface area (Å²) in [5, 5.41) is 0. The zero-order chi connectivity index (χ0) is 9.84. The molecule has 0 spiro atoms. The number of nitrogens with two attached hydrogens (primary N) is 1. The molecular weight excluding hydrogens is 176 g/mol. The monoisotopic (exact) mass is 183 g/mol. The van der Waals surface area contributed by atoms with Gasteiger partial charge >= 0.3 is 0 Å². The van der Waals surface area contributed by atoms with Gasteiger partial charge < -0.3 is 5.73 Å². The lowest BCUT2D eigenvalue weighted by Gasteiger charge is -1.94. The van der Waals surface area contributed by atoms with Crippen molar-refractivity contribution >= 4 is 12.0 Å². The summed E-state index contributed by atoms with van der Waals surface area (Å²) in [5.74, 6) is -2.51. The summed E-state index contributed by atoms with van der Waals surface area (Å²) in [5.41, 5.74) is 5.20. The Hall–Kier alpha value is -1.71. The molecule has 1 rings (SSSR count). The number of carbonyl (C=O) groups is 1.